The second-order valence-electron chi connectivity index (χ2n) is 4.74. The summed E-state index contributed by atoms with van der Waals surface area (Å²) in [7, 11) is 0. The number of fused-ring (bicyclic) bond motifs is 1. The molecule has 4 rings (SSSR count). The lowest BCUT2D eigenvalue weighted by Crippen LogP contribution is -1.99. The van der Waals surface area contributed by atoms with Gasteiger partial charge in [0.2, 0.25) is 0 Å². The second-order valence-corrected chi connectivity index (χ2v) is 4.74. The number of para-hydroxylation sites is 1. The number of benzene rings is 1. The summed E-state index contributed by atoms with van der Waals surface area (Å²) in [4.78, 5) is 8.53. The highest BCUT2D eigenvalue weighted by molar-refractivity contribution is 5.87. The lowest BCUT2D eigenvalue weighted by atomic mass is 10.3. The third-order valence-corrected chi connectivity index (χ3v) is 3.27. The molecule has 23 heavy (non-hydrogen) atoms. The Bertz CT molecular complexity index is 943. The summed E-state index contributed by atoms with van der Waals surface area (Å²) in [6.45, 7) is 0. The van der Waals surface area contributed by atoms with E-state index < -0.39 is 0 Å². The van der Waals surface area contributed by atoms with Crippen molar-refractivity contribution in [1.82, 2.24) is 19.7 Å². The maximum Gasteiger partial charge on any atom is 0.168 e. The zero-order chi connectivity index (χ0) is 15.5. The molecule has 0 bridgehead atoms. The van der Waals surface area contributed by atoms with Crippen molar-refractivity contribution in [2.75, 3.05) is 5.43 Å². The van der Waals surface area contributed by atoms with Gasteiger partial charge in [-0.15, -0.1) is 0 Å². The van der Waals surface area contributed by atoms with Gasteiger partial charge in [0, 0.05) is 0 Å². The average Bonchev–Trinajstić information content (AvgIpc) is 3.25. The van der Waals surface area contributed by atoms with Crippen LogP contribution in [0.15, 0.2) is 70.8 Å². The molecule has 112 valence electrons. The number of furan rings is 1. The van der Waals surface area contributed by atoms with E-state index >= 15 is 0 Å². The first-order chi connectivity index (χ1) is 11.4. The zero-order valence-electron chi connectivity index (χ0n) is 12.0. The van der Waals surface area contributed by atoms with Crippen molar-refractivity contribution in [2.24, 2.45) is 5.10 Å². The molecule has 0 aliphatic carbocycles. The van der Waals surface area contributed by atoms with E-state index in [9.17, 15) is 0 Å². The fraction of sp³-hybridized carbons (Fsp3) is 0. The highest BCUT2D eigenvalue weighted by atomic mass is 16.3. The Labute approximate surface area is 131 Å². The maximum absolute atomic E-state index is 5.18. The van der Waals surface area contributed by atoms with E-state index in [1.807, 2.05) is 36.4 Å². The SMILES string of the molecule is C(=N\Nc1ncnc2c1cnn2-c1ccccc1)/c1ccco1. The van der Waals surface area contributed by atoms with Crippen molar-refractivity contribution < 1.29 is 4.42 Å². The first kappa shape index (κ1) is 13.2. The molecule has 7 nitrogen and oxygen atoms in total. The van der Waals surface area contributed by atoms with Crippen LogP contribution in [-0.4, -0.2) is 26.0 Å². The van der Waals surface area contributed by atoms with Crippen LogP contribution in [0.1, 0.15) is 5.76 Å². The second kappa shape index (κ2) is 5.72. The van der Waals surface area contributed by atoms with Gasteiger partial charge in [0.25, 0.3) is 0 Å². The molecule has 0 amide bonds. The normalized spacial score (nSPS) is 11.3. The van der Waals surface area contributed by atoms with Crippen LogP contribution in [-0.2, 0) is 0 Å². The molecular weight excluding hydrogens is 292 g/mol. The quantitative estimate of drug-likeness (QED) is 0.463. The summed E-state index contributed by atoms with van der Waals surface area (Å²) in [5.41, 5.74) is 4.54. The van der Waals surface area contributed by atoms with Crippen LogP contribution in [0.3, 0.4) is 0 Å². The van der Waals surface area contributed by atoms with Crippen molar-refractivity contribution >= 4 is 23.1 Å². The van der Waals surface area contributed by atoms with Crippen LogP contribution < -0.4 is 5.43 Å². The molecule has 4 aromatic rings. The van der Waals surface area contributed by atoms with Gasteiger partial charge >= 0.3 is 0 Å². The minimum absolute atomic E-state index is 0.583. The zero-order valence-corrected chi connectivity index (χ0v) is 12.0. The number of hydrogen-bond acceptors (Lipinski definition) is 6. The molecule has 0 fully saturated rings. The monoisotopic (exact) mass is 304 g/mol. The van der Waals surface area contributed by atoms with E-state index in [1.165, 1.54) is 6.33 Å². The molecule has 0 saturated carbocycles. The van der Waals surface area contributed by atoms with Crippen LogP contribution in [0.5, 0.6) is 0 Å². The lowest BCUT2D eigenvalue weighted by Gasteiger charge is -2.03. The molecule has 1 aromatic carbocycles. The standard InChI is InChI=1S/C16H12N6O/c1-2-5-12(6-3-1)22-16-14(10-20-22)15(17-11-18-16)21-19-9-13-7-4-8-23-13/h1-11H,(H,17,18,21)/b19-9+. The molecule has 7 heteroatoms. The number of hydrogen-bond donors (Lipinski definition) is 1. The van der Waals surface area contributed by atoms with E-state index in [0.29, 0.717) is 17.2 Å². The summed E-state index contributed by atoms with van der Waals surface area (Å²) >= 11 is 0. The number of nitrogens with zero attached hydrogens (tertiary/aromatic N) is 5. The van der Waals surface area contributed by atoms with Gasteiger partial charge in [0.05, 0.1) is 29.7 Å². The number of anilines is 1. The summed E-state index contributed by atoms with van der Waals surface area (Å²) in [6, 6.07) is 13.4. The first-order valence-electron chi connectivity index (χ1n) is 6.98. The minimum atomic E-state index is 0.583. The molecule has 0 aliphatic heterocycles. The molecule has 0 spiro atoms. The van der Waals surface area contributed by atoms with E-state index in [1.54, 1.807) is 29.4 Å². The Balaban J connectivity index is 1.68. The Morgan fingerprint density at radius 1 is 1.09 bits per heavy atom. The minimum Gasteiger partial charge on any atom is -0.463 e. The van der Waals surface area contributed by atoms with E-state index in [2.05, 4.69) is 25.6 Å². The number of aromatic nitrogens is 4. The molecule has 0 radical (unpaired) electrons. The Hall–Kier alpha value is -3.48. The van der Waals surface area contributed by atoms with E-state index in [0.717, 1.165) is 11.1 Å². The molecule has 1 N–H and O–H groups in total. The van der Waals surface area contributed by atoms with Crippen LogP contribution in [0.25, 0.3) is 16.7 Å². The number of rotatable bonds is 4. The van der Waals surface area contributed by atoms with Crippen molar-refractivity contribution in [3.8, 4) is 5.69 Å². The van der Waals surface area contributed by atoms with Gasteiger partial charge in [-0.05, 0) is 24.3 Å². The lowest BCUT2D eigenvalue weighted by molar-refractivity contribution is 0.560. The molecule has 0 saturated heterocycles. The van der Waals surface area contributed by atoms with Gasteiger partial charge in [0.15, 0.2) is 11.5 Å². The molecule has 0 unspecified atom stereocenters. The van der Waals surface area contributed by atoms with E-state index in [4.69, 9.17) is 4.42 Å². The highest BCUT2D eigenvalue weighted by Gasteiger charge is 2.10. The van der Waals surface area contributed by atoms with Crippen LogP contribution in [0.4, 0.5) is 5.82 Å². The average molecular weight is 304 g/mol. The molecule has 3 aromatic heterocycles. The van der Waals surface area contributed by atoms with Crippen molar-refractivity contribution in [1.29, 1.82) is 0 Å². The summed E-state index contributed by atoms with van der Waals surface area (Å²) < 4.78 is 6.94. The smallest absolute Gasteiger partial charge is 0.168 e. The van der Waals surface area contributed by atoms with Gasteiger partial charge in [-0.3, -0.25) is 5.43 Å². The Morgan fingerprint density at radius 3 is 2.83 bits per heavy atom. The Morgan fingerprint density at radius 2 is 2.00 bits per heavy atom. The maximum atomic E-state index is 5.18. The Kier molecular flexibility index (Phi) is 3.28. The number of nitrogens with one attached hydrogen (secondary N) is 1. The predicted octanol–water partition coefficient (Wildman–Crippen LogP) is 2.85. The first-order valence-corrected chi connectivity index (χ1v) is 6.98. The molecule has 0 aliphatic rings. The van der Waals surface area contributed by atoms with Crippen molar-refractivity contribution in [3.63, 3.8) is 0 Å². The topological polar surface area (TPSA) is 81.1 Å². The molecule has 3 heterocycles. The third-order valence-electron chi connectivity index (χ3n) is 3.27. The van der Waals surface area contributed by atoms with Gasteiger partial charge in [0.1, 0.15) is 12.1 Å². The molecule has 0 atom stereocenters. The summed E-state index contributed by atoms with van der Waals surface area (Å²) in [5.74, 6) is 1.24. The number of hydrazone groups is 1. The van der Waals surface area contributed by atoms with Crippen LogP contribution in [0, 0.1) is 0 Å². The largest absolute Gasteiger partial charge is 0.463 e. The van der Waals surface area contributed by atoms with Crippen LogP contribution >= 0.6 is 0 Å². The van der Waals surface area contributed by atoms with Crippen LogP contribution in [0.2, 0.25) is 0 Å². The summed E-state index contributed by atoms with van der Waals surface area (Å²) in [6.07, 6.45) is 6.37. The highest BCUT2D eigenvalue weighted by Crippen LogP contribution is 2.21. The third kappa shape index (κ3) is 2.55. The van der Waals surface area contributed by atoms with Crippen molar-refractivity contribution in [3.05, 3.63) is 67.0 Å². The summed E-state index contributed by atoms with van der Waals surface area (Å²) in [5, 5.41) is 9.29. The fourth-order valence-electron chi connectivity index (χ4n) is 2.21. The van der Waals surface area contributed by atoms with Gasteiger partial charge in [-0.2, -0.15) is 10.2 Å². The predicted molar refractivity (Wildman–Crippen MR) is 86.6 cm³/mol. The molecular formula is C16H12N6O. The van der Waals surface area contributed by atoms with Gasteiger partial charge in [-0.1, -0.05) is 18.2 Å². The van der Waals surface area contributed by atoms with E-state index in [-0.39, 0.29) is 0 Å². The van der Waals surface area contributed by atoms with Gasteiger partial charge < -0.3 is 4.42 Å². The van der Waals surface area contributed by atoms with Crippen molar-refractivity contribution in [2.45, 2.75) is 0 Å². The fourth-order valence-corrected chi connectivity index (χ4v) is 2.21. The van der Waals surface area contributed by atoms with Gasteiger partial charge in [-0.25, -0.2) is 14.6 Å².